The Hall–Kier alpha value is -2.24. The van der Waals surface area contributed by atoms with E-state index in [0.29, 0.717) is 51.6 Å². The maximum absolute atomic E-state index is 12.7. The third-order valence-electron chi connectivity index (χ3n) is 4.50. The second-order valence-electron chi connectivity index (χ2n) is 6.67. The lowest BCUT2D eigenvalue weighted by Gasteiger charge is -2.34. The van der Waals surface area contributed by atoms with Crippen LogP contribution in [0.1, 0.15) is 10.4 Å². The number of carbonyl (C=O) groups excluding carboxylic acids is 1. The number of carbonyl (C=O) groups is 1. The zero-order valence-electron chi connectivity index (χ0n) is 16.1. The van der Waals surface area contributed by atoms with Crippen LogP contribution in [0.2, 0.25) is 0 Å². The van der Waals surface area contributed by atoms with Crippen molar-refractivity contribution in [3.05, 3.63) is 33.9 Å². The number of nitrogens with zero attached hydrogens (tertiary/aromatic N) is 3. The largest absolute Gasteiger partial charge is 0.383 e. The highest BCUT2D eigenvalue weighted by molar-refractivity contribution is 7.90. The number of sulfone groups is 1. The van der Waals surface area contributed by atoms with Crippen molar-refractivity contribution in [3.8, 4) is 0 Å². The molecule has 0 aliphatic carbocycles. The van der Waals surface area contributed by atoms with Gasteiger partial charge in [-0.05, 0) is 12.1 Å². The van der Waals surface area contributed by atoms with E-state index in [9.17, 15) is 23.3 Å². The van der Waals surface area contributed by atoms with E-state index in [-0.39, 0.29) is 22.9 Å². The molecule has 0 bridgehead atoms. The van der Waals surface area contributed by atoms with Gasteiger partial charge in [-0.25, -0.2) is 8.42 Å². The molecule has 1 fully saturated rings. The average Bonchev–Trinajstić information content (AvgIpc) is 2.66. The molecule has 1 aromatic carbocycles. The first kappa shape index (κ1) is 22.1. The molecule has 0 aromatic heterocycles. The van der Waals surface area contributed by atoms with Gasteiger partial charge in [0.25, 0.3) is 11.6 Å². The van der Waals surface area contributed by atoms with Gasteiger partial charge in [-0.15, -0.1) is 0 Å². The topological polar surface area (TPSA) is 122 Å². The van der Waals surface area contributed by atoms with Crippen LogP contribution in [0.4, 0.5) is 11.4 Å². The van der Waals surface area contributed by atoms with Crippen LogP contribution in [0, 0.1) is 10.1 Å². The van der Waals surface area contributed by atoms with Crippen molar-refractivity contribution < 1.29 is 22.9 Å². The van der Waals surface area contributed by atoms with Gasteiger partial charge < -0.3 is 15.0 Å². The van der Waals surface area contributed by atoms with Gasteiger partial charge in [0.2, 0.25) is 0 Å². The molecule has 1 heterocycles. The minimum Gasteiger partial charge on any atom is -0.383 e. The van der Waals surface area contributed by atoms with Crippen LogP contribution >= 0.6 is 0 Å². The summed E-state index contributed by atoms with van der Waals surface area (Å²) in [5, 5.41) is 14.3. The SMILES string of the molecule is COCCNc1ccc(C(=O)N2CCN(CCS(C)(=O)=O)CC2)cc1[N+](=O)[O-]. The number of nitro groups is 1. The molecule has 2 rings (SSSR count). The second-order valence-corrected chi connectivity index (χ2v) is 8.93. The highest BCUT2D eigenvalue weighted by Gasteiger charge is 2.25. The minimum atomic E-state index is -3.02. The van der Waals surface area contributed by atoms with Crippen molar-refractivity contribution in [2.75, 3.05) is 70.3 Å². The van der Waals surface area contributed by atoms with Gasteiger partial charge in [0.1, 0.15) is 15.5 Å². The molecular weight excluding hydrogens is 388 g/mol. The van der Waals surface area contributed by atoms with E-state index < -0.39 is 14.8 Å². The number of methoxy groups -OCH3 is 1. The van der Waals surface area contributed by atoms with Crippen molar-refractivity contribution in [1.82, 2.24) is 9.80 Å². The van der Waals surface area contributed by atoms with E-state index >= 15 is 0 Å². The maximum Gasteiger partial charge on any atom is 0.293 e. The van der Waals surface area contributed by atoms with Crippen LogP contribution in [0.3, 0.4) is 0 Å². The number of ether oxygens (including phenoxy) is 1. The maximum atomic E-state index is 12.7. The predicted octanol–water partition coefficient (Wildman–Crippen LogP) is 0.456. The molecule has 1 aliphatic heterocycles. The van der Waals surface area contributed by atoms with E-state index in [2.05, 4.69) is 5.32 Å². The molecule has 28 heavy (non-hydrogen) atoms. The Morgan fingerprint density at radius 3 is 2.54 bits per heavy atom. The van der Waals surface area contributed by atoms with Gasteiger partial charge in [0.05, 0.1) is 17.3 Å². The Morgan fingerprint density at radius 2 is 1.96 bits per heavy atom. The smallest absolute Gasteiger partial charge is 0.293 e. The van der Waals surface area contributed by atoms with E-state index in [1.165, 1.54) is 18.4 Å². The van der Waals surface area contributed by atoms with E-state index in [1.54, 1.807) is 18.1 Å². The molecule has 1 amide bonds. The third-order valence-corrected chi connectivity index (χ3v) is 5.42. The molecule has 10 nitrogen and oxygen atoms in total. The number of nitrogens with one attached hydrogen (secondary N) is 1. The molecule has 1 aliphatic rings. The molecule has 0 unspecified atom stereocenters. The van der Waals surface area contributed by atoms with Crippen LogP contribution in [0.25, 0.3) is 0 Å². The van der Waals surface area contributed by atoms with E-state index in [4.69, 9.17) is 4.74 Å². The van der Waals surface area contributed by atoms with Gasteiger partial charge >= 0.3 is 0 Å². The summed E-state index contributed by atoms with van der Waals surface area (Å²) in [4.78, 5) is 27.2. The molecule has 0 radical (unpaired) electrons. The van der Waals surface area contributed by atoms with Gasteiger partial charge in [0.15, 0.2) is 0 Å². The Balaban J connectivity index is 2.00. The molecule has 1 saturated heterocycles. The second kappa shape index (κ2) is 9.80. The molecular formula is C17H26N4O6S. The lowest BCUT2D eigenvalue weighted by molar-refractivity contribution is -0.384. The molecule has 11 heteroatoms. The van der Waals surface area contributed by atoms with Crippen molar-refractivity contribution in [1.29, 1.82) is 0 Å². The summed E-state index contributed by atoms with van der Waals surface area (Å²) in [6.07, 6.45) is 1.20. The number of rotatable bonds is 9. The van der Waals surface area contributed by atoms with Gasteiger partial charge in [0, 0.05) is 64.3 Å². The zero-order chi connectivity index (χ0) is 20.7. The molecule has 0 atom stereocenters. The highest BCUT2D eigenvalue weighted by Crippen LogP contribution is 2.26. The van der Waals surface area contributed by atoms with Crippen molar-refractivity contribution in [3.63, 3.8) is 0 Å². The van der Waals surface area contributed by atoms with Gasteiger partial charge in [-0.2, -0.15) is 0 Å². The Kier molecular flexibility index (Phi) is 7.72. The summed E-state index contributed by atoms with van der Waals surface area (Å²) in [5.41, 5.74) is 0.437. The molecule has 156 valence electrons. The summed E-state index contributed by atoms with van der Waals surface area (Å²) >= 11 is 0. The normalized spacial score (nSPS) is 15.4. The highest BCUT2D eigenvalue weighted by atomic mass is 32.2. The number of hydrogen-bond acceptors (Lipinski definition) is 8. The first-order chi connectivity index (χ1) is 13.2. The molecule has 1 N–H and O–H groups in total. The Bertz CT molecular complexity index is 806. The average molecular weight is 414 g/mol. The number of hydrogen-bond donors (Lipinski definition) is 1. The van der Waals surface area contributed by atoms with Crippen LogP contribution in [0.5, 0.6) is 0 Å². The Labute approximate surface area is 164 Å². The summed E-state index contributed by atoms with van der Waals surface area (Å²) < 4.78 is 27.5. The van der Waals surface area contributed by atoms with Crippen LogP contribution in [0.15, 0.2) is 18.2 Å². The summed E-state index contributed by atoms with van der Waals surface area (Å²) in [5.74, 6) is -0.181. The first-order valence-electron chi connectivity index (χ1n) is 8.92. The van der Waals surface area contributed by atoms with Crippen LogP contribution < -0.4 is 5.32 Å². The summed E-state index contributed by atoms with van der Waals surface area (Å²) in [7, 11) is -1.48. The van der Waals surface area contributed by atoms with Crippen LogP contribution in [-0.2, 0) is 14.6 Å². The fraction of sp³-hybridized carbons (Fsp3) is 0.588. The standard InChI is InChI=1S/C17H26N4O6S/c1-27-11-5-18-15-4-3-14(13-16(15)21(23)24)17(22)20-8-6-19(7-9-20)10-12-28(2,25)26/h3-4,13,18H,5-12H2,1-2H3. The fourth-order valence-corrected chi connectivity index (χ4v) is 3.49. The predicted molar refractivity (Wildman–Crippen MR) is 106 cm³/mol. The lowest BCUT2D eigenvalue weighted by Crippen LogP contribution is -2.49. The van der Waals surface area contributed by atoms with E-state index in [1.807, 2.05) is 4.90 Å². The molecule has 1 aromatic rings. The minimum absolute atomic E-state index is 0.0880. The number of benzene rings is 1. The Morgan fingerprint density at radius 1 is 1.29 bits per heavy atom. The van der Waals surface area contributed by atoms with Gasteiger partial charge in [-0.3, -0.25) is 19.8 Å². The van der Waals surface area contributed by atoms with Crippen molar-refractivity contribution in [2.24, 2.45) is 0 Å². The fourth-order valence-electron chi connectivity index (χ4n) is 2.91. The summed E-state index contributed by atoms with van der Waals surface area (Å²) in [6, 6.07) is 4.39. The van der Waals surface area contributed by atoms with Crippen LogP contribution in [-0.4, -0.2) is 94.0 Å². The molecule has 0 spiro atoms. The third kappa shape index (κ3) is 6.43. The monoisotopic (exact) mass is 414 g/mol. The summed E-state index contributed by atoms with van der Waals surface area (Å²) in [6.45, 7) is 3.30. The number of nitro benzene ring substituents is 1. The number of piperazine rings is 1. The number of amides is 1. The number of anilines is 1. The van der Waals surface area contributed by atoms with Crippen molar-refractivity contribution in [2.45, 2.75) is 0 Å². The first-order valence-corrected chi connectivity index (χ1v) is 11.0. The van der Waals surface area contributed by atoms with E-state index in [0.717, 1.165) is 0 Å². The quantitative estimate of drug-likeness (QED) is 0.351. The van der Waals surface area contributed by atoms with Gasteiger partial charge in [-0.1, -0.05) is 0 Å². The lowest BCUT2D eigenvalue weighted by atomic mass is 10.1. The zero-order valence-corrected chi connectivity index (χ0v) is 16.9. The van der Waals surface area contributed by atoms with Crippen molar-refractivity contribution >= 4 is 27.1 Å². The molecule has 0 saturated carbocycles.